The lowest BCUT2D eigenvalue weighted by atomic mass is 9.99. The lowest BCUT2D eigenvalue weighted by Gasteiger charge is -2.27. The van der Waals surface area contributed by atoms with Gasteiger partial charge in [0.15, 0.2) is 4.32 Å². The van der Waals surface area contributed by atoms with Crippen LogP contribution in [0.3, 0.4) is 0 Å². The average Bonchev–Trinajstić information content (AvgIpc) is 2.90. The van der Waals surface area contributed by atoms with Crippen LogP contribution >= 0.6 is 24.0 Å². The molecule has 26 heavy (non-hydrogen) atoms. The Hall–Kier alpha value is -2.31. The van der Waals surface area contributed by atoms with Gasteiger partial charge in [-0.2, -0.15) is 0 Å². The molecule has 6 heteroatoms. The number of carbonyl (C=O) groups is 1. The summed E-state index contributed by atoms with van der Waals surface area (Å²) >= 11 is 6.71. The molecule has 132 valence electrons. The molecule has 1 saturated heterocycles. The van der Waals surface area contributed by atoms with Crippen LogP contribution in [0, 0.1) is 0 Å². The Labute approximate surface area is 162 Å². The summed E-state index contributed by atoms with van der Waals surface area (Å²) in [7, 11) is 2.11. The third-order valence-corrected chi connectivity index (χ3v) is 5.96. The molecule has 2 aliphatic rings. The van der Waals surface area contributed by atoms with E-state index in [-0.39, 0.29) is 11.7 Å². The highest BCUT2D eigenvalue weighted by atomic mass is 32.2. The highest BCUT2D eigenvalue weighted by Crippen LogP contribution is 2.37. The number of carbonyl (C=O) groups excluding carboxylic acids is 1. The fourth-order valence-corrected chi connectivity index (χ4v) is 4.64. The van der Waals surface area contributed by atoms with Gasteiger partial charge in [0, 0.05) is 19.3 Å². The summed E-state index contributed by atoms with van der Waals surface area (Å²) < 4.78 is 0.504. The molecule has 0 aliphatic carbocycles. The van der Waals surface area contributed by atoms with E-state index in [9.17, 15) is 9.90 Å². The molecule has 4 nitrogen and oxygen atoms in total. The Morgan fingerprint density at radius 3 is 2.73 bits per heavy atom. The molecule has 0 radical (unpaired) electrons. The van der Waals surface area contributed by atoms with Gasteiger partial charge in [0.25, 0.3) is 5.91 Å². The Bertz CT molecular complexity index is 922. The van der Waals surface area contributed by atoms with Crippen LogP contribution in [0.2, 0.25) is 0 Å². The van der Waals surface area contributed by atoms with Crippen LogP contribution in [-0.4, -0.2) is 28.9 Å². The molecular formula is C20H18N2O2S2. The highest BCUT2D eigenvalue weighted by molar-refractivity contribution is 8.27. The predicted molar refractivity (Wildman–Crippen MR) is 112 cm³/mol. The van der Waals surface area contributed by atoms with Gasteiger partial charge in [-0.05, 0) is 66.4 Å². The molecule has 2 aliphatic heterocycles. The number of thiocarbonyl (C=S) groups is 1. The van der Waals surface area contributed by atoms with Gasteiger partial charge in [-0.25, -0.2) is 0 Å². The van der Waals surface area contributed by atoms with Crippen molar-refractivity contribution >= 4 is 51.7 Å². The number of phenolic OH excluding ortho intramolecular Hbond substituents is 1. The second-order valence-corrected chi connectivity index (χ2v) is 8.12. The zero-order valence-corrected chi connectivity index (χ0v) is 15.9. The van der Waals surface area contributed by atoms with Gasteiger partial charge in [0.05, 0.1) is 10.6 Å². The molecule has 1 N–H and O–H groups in total. The van der Waals surface area contributed by atoms with Crippen molar-refractivity contribution in [3.63, 3.8) is 0 Å². The summed E-state index contributed by atoms with van der Waals surface area (Å²) in [6, 6.07) is 12.8. The summed E-state index contributed by atoms with van der Waals surface area (Å²) in [4.78, 5) is 17.2. The standard InChI is InChI=1S/C20H18N2O2S2/c1-21-10-2-3-14-11-13(4-9-17(14)21)12-18-19(24)22(20(25)26-18)15-5-7-16(23)8-6-15/h4-9,11-12,23H,2-3,10H2,1H3/b18-12+. The fraction of sp³-hybridized carbons (Fsp3) is 0.200. The van der Waals surface area contributed by atoms with Crippen molar-refractivity contribution in [1.82, 2.24) is 0 Å². The quantitative estimate of drug-likeness (QED) is 0.623. The second-order valence-electron chi connectivity index (χ2n) is 6.45. The van der Waals surface area contributed by atoms with E-state index in [1.54, 1.807) is 24.3 Å². The zero-order valence-electron chi connectivity index (χ0n) is 14.3. The molecule has 0 aromatic heterocycles. The van der Waals surface area contributed by atoms with Gasteiger partial charge < -0.3 is 10.0 Å². The molecule has 2 aromatic carbocycles. The molecule has 2 heterocycles. The summed E-state index contributed by atoms with van der Waals surface area (Å²) in [5, 5.41) is 9.44. The molecule has 0 spiro atoms. The molecule has 0 saturated carbocycles. The van der Waals surface area contributed by atoms with Gasteiger partial charge in [0.2, 0.25) is 0 Å². The maximum Gasteiger partial charge on any atom is 0.270 e. The molecule has 0 atom stereocenters. The minimum absolute atomic E-state index is 0.125. The molecule has 4 rings (SSSR count). The van der Waals surface area contributed by atoms with Crippen molar-refractivity contribution in [2.75, 3.05) is 23.4 Å². The van der Waals surface area contributed by atoms with E-state index in [1.165, 1.54) is 27.9 Å². The third kappa shape index (κ3) is 3.10. The number of phenols is 1. The van der Waals surface area contributed by atoms with Crippen LogP contribution in [0.1, 0.15) is 17.5 Å². The topological polar surface area (TPSA) is 43.8 Å². The predicted octanol–water partition coefficient (Wildman–Crippen LogP) is 4.18. The van der Waals surface area contributed by atoms with Crippen molar-refractivity contribution in [1.29, 1.82) is 0 Å². The van der Waals surface area contributed by atoms with E-state index in [4.69, 9.17) is 12.2 Å². The Kier molecular flexibility index (Phi) is 4.46. The van der Waals surface area contributed by atoms with Gasteiger partial charge in [-0.15, -0.1) is 0 Å². The first-order chi connectivity index (χ1) is 12.5. The molecule has 0 bridgehead atoms. The summed E-state index contributed by atoms with van der Waals surface area (Å²) in [5.41, 5.74) is 4.28. The van der Waals surface area contributed by atoms with Crippen molar-refractivity contribution < 1.29 is 9.90 Å². The van der Waals surface area contributed by atoms with Crippen LogP contribution < -0.4 is 9.80 Å². The molecule has 2 aromatic rings. The Balaban J connectivity index is 1.63. The minimum Gasteiger partial charge on any atom is -0.508 e. The Morgan fingerprint density at radius 1 is 1.19 bits per heavy atom. The number of aromatic hydroxyl groups is 1. The van der Waals surface area contributed by atoms with Gasteiger partial charge in [0.1, 0.15) is 5.75 Å². The number of aryl methyl sites for hydroxylation is 1. The van der Waals surface area contributed by atoms with E-state index in [1.807, 2.05) is 12.1 Å². The van der Waals surface area contributed by atoms with E-state index in [2.05, 4.69) is 24.1 Å². The van der Waals surface area contributed by atoms with Crippen molar-refractivity contribution in [3.05, 3.63) is 58.5 Å². The molecule has 1 fully saturated rings. The number of thioether (sulfide) groups is 1. The molecule has 1 amide bonds. The normalized spacial score (nSPS) is 18.6. The largest absolute Gasteiger partial charge is 0.508 e. The lowest BCUT2D eigenvalue weighted by molar-refractivity contribution is -0.113. The number of hydrogen-bond donors (Lipinski definition) is 1. The summed E-state index contributed by atoms with van der Waals surface area (Å²) in [6.07, 6.45) is 4.13. The first-order valence-electron chi connectivity index (χ1n) is 8.44. The third-order valence-electron chi connectivity index (χ3n) is 4.65. The monoisotopic (exact) mass is 382 g/mol. The van der Waals surface area contributed by atoms with Crippen LogP contribution in [0.5, 0.6) is 5.75 Å². The van der Waals surface area contributed by atoms with Crippen molar-refractivity contribution in [2.45, 2.75) is 12.8 Å². The first kappa shape index (κ1) is 17.1. The smallest absolute Gasteiger partial charge is 0.270 e. The first-order valence-corrected chi connectivity index (χ1v) is 9.66. The van der Waals surface area contributed by atoms with E-state index < -0.39 is 0 Å². The van der Waals surface area contributed by atoms with Crippen molar-refractivity contribution in [2.24, 2.45) is 0 Å². The SMILES string of the molecule is CN1CCCc2cc(/C=C3/SC(=S)N(c4ccc(O)cc4)C3=O)ccc21. The number of hydrogen-bond acceptors (Lipinski definition) is 5. The lowest BCUT2D eigenvalue weighted by Crippen LogP contribution is -2.27. The van der Waals surface area contributed by atoms with Crippen molar-refractivity contribution in [3.8, 4) is 5.75 Å². The van der Waals surface area contributed by atoms with Crippen LogP contribution in [-0.2, 0) is 11.2 Å². The highest BCUT2D eigenvalue weighted by Gasteiger charge is 2.33. The minimum atomic E-state index is -0.125. The van der Waals surface area contributed by atoms with Crippen LogP contribution in [0.15, 0.2) is 47.4 Å². The molecule has 0 unspecified atom stereocenters. The van der Waals surface area contributed by atoms with E-state index >= 15 is 0 Å². The summed E-state index contributed by atoms with van der Waals surface area (Å²) in [5.74, 6) is 0.0364. The number of fused-ring (bicyclic) bond motifs is 1. The number of benzene rings is 2. The van der Waals surface area contributed by atoms with Gasteiger partial charge >= 0.3 is 0 Å². The van der Waals surface area contributed by atoms with Gasteiger partial charge in [-0.3, -0.25) is 9.69 Å². The Morgan fingerprint density at radius 2 is 1.96 bits per heavy atom. The number of anilines is 2. The second kappa shape index (κ2) is 6.78. The molecular weight excluding hydrogens is 364 g/mol. The zero-order chi connectivity index (χ0) is 18.3. The van der Waals surface area contributed by atoms with Gasteiger partial charge in [-0.1, -0.05) is 30.0 Å². The summed E-state index contributed by atoms with van der Waals surface area (Å²) in [6.45, 7) is 1.08. The maximum atomic E-state index is 12.8. The maximum absolute atomic E-state index is 12.8. The van der Waals surface area contributed by atoms with E-state index in [0.29, 0.717) is 14.9 Å². The van der Waals surface area contributed by atoms with E-state index in [0.717, 1.165) is 24.9 Å². The fourth-order valence-electron chi connectivity index (χ4n) is 3.34. The van der Waals surface area contributed by atoms with Crippen LogP contribution in [0.25, 0.3) is 6.08 Å². The number of rotatable bonds is 2. The number of amides is 1. The average molecular weight is 383 g/mol. The number of nitrogens with zero attached hydrogens (tertiary/aromatic N) is 2. The van der Waals surface area contributed by atoms with Crippen LogP contribution in [0.4, 0.5) is 11.4 Å².